The zero-order valence-electron chi connectivity index (χ0n) is 21.5. The van der Waals surface area contributed by atoms with E-state index in [-0.39, 0.29) is 17.8 Å². The molecule has 0 bridgehead atoms. The van der Waals surface area contributed by atoms with Gasteiger partial charge in [0.1, 0.15) is 18.1 Å². The predicted octanol–water partition coefficient (Wildman–Crippen LogP) is 8.39. The molecule has 0 amide bonds. The molecule has 0 unspecified atom stereocenters. The SMILES string of the molecule is COc1ccc([N+](=O)[O-])cc1COc1cccc(-c2c(-c3ccccc3C)cnc3c(C(F)(F)F)cccc23)c1. The molecular weight excluding hydrogens is 521 g/mol. The highest BCUT2D eigenvalue weighted by Crippen LogP contribution is 2.42. The van der Waals surface area contributed by atoms with Gasteiger partial charge in [-0.2, -0.15) is 13.2 Å². The van der Waals surface area contributed by atoms with E-state index in [1.54, 1.807) is 30.3 Å². The molecule has 202 valence electrons. The summed E-state index contributed by atoms with van der Waals surface area (Å²) in [4.78, 5) is 15.0. The summed E-state index contributed by atoms with van der Waals surface area (Å²) in [7, 11) is 1.46. The van der Waals surface area contributed by atoms with Crippen molar-refractivity contribution in [3.05, 3.63) is 118 Å². The lowest BCUT2D eigenvalue weighted by atomic mass is 9.90. The van der Waals surface area contributed by atoms with E-state index >= 15 is 0 Å². The van der Waals surface area contributed by atoms with Gasteiger partial charge in [0.2, 0.25) is 0 Å². The van der Waals surface area contributed by atoms with Crippen LogP contribution in [0.25, 0.3) is 33.2 Å². The van der Waals surface area contributed by atoms with Crippen LogP contribution in [0.2, 0.25) is 0 Å². The largest absolute Gasteiger partial charge is 0.496 e. The Morgan fingerprint density at radius 3 is 2.42 bits per heavy atom. The van der Waals surface area contributed by atoms with Gasteiger partial charge in [-0.25, -0.2) is 0 Å². The van der Waals surface area contributed by atoms with Gasteiger partial charge in [-0.3, -0.25) is 15.1 Å². The molecule has 0 atom stereocenters. The van der Waals surface area contributed by atoms with Crippen LogP contribution in [0.5, 0.6) is 11.5 Å². The van der Waals surface area contributed by atoms with E-state index in [9.17, 15) is 23.3 Å². The summed E-state index contributed by atoms with van der Waals surface area (Å²) in [6.45, 7) is 1.91. The molecule has 0 spiro atoms. The van der Waals surface area contributed by atoms with Crippen LogP contribution in [0, 0.1) is 17.0 Å². The van der Waals surface area contributed by atoms with E-state index in [1.165, 1.54) is 37.6 Å². The first-order valence-electron chi connectivity index (χ1n) is 12.3. The fourth-order valence-electron chi connectivity index (χ4n) is 4.74. The van der Waals surface area contributed by atoms with Gasteiger partial charge in [0.25, 0.3) is 5.69 Å². The molecule has 4 aromatic carbocycles. The maximum atomic E-state index is 13.9. The van der Waals surface area contributed by atoms with Crippen LogP contribution >= 0.6 is 0 Å². The van der Waals surface area contributed by atoms with Crippen LogP contribution in [-0.4, -0.2) is 17.0 Å². The number of nitro benzene ring substituents is 1. The number of hydrogen-bond acceptors (Lipinski definition) is 5. The van der Waals surface area contributed by atoms with Crippen LogP contribution in [-0.2, 0) is 12.8 Å². The van der Waals surface area contributed by atoms with Crippen LogP contribution in [0.15, 0.2) is 91.1 Å². The van der Waals surface area contributed by atoms with Crippen molar-refractivity contribution >= 4 is 16.6 Å². The number of alkyl halides is 3. The third-order valence-corrected chi connectivity index (χ3v) is 6.63. The van der Waals surface area contributed by atoms with Crippen molar-refractivity contribution in [2.75, 3.05) is 7.11 Å². The molecular formula is C31H23F3N2O4. The van der Waals surface area contributed by atoms with E-state index in [2.05, 4.69) is 4.98 Å². The molecule has 5 rings (SSSR count). The Labute approximate surface area is 227 Å². The molecule has 0 aliphatic heterocycles. The third-order valence-electron chi connectivity index (χ3n) is 6.63. The van der Waals surface area contributed by atoms with Gasteiger partial charge in [-0.05, 0) is 47.9 Å². The number of methoxy groups -OCH3 is 1. The normalized spacial score (nSPS) is 11.4. The highest BCUT2D eigenvalue weighted by Gasteiger charge is 2.34. The maximum Gasteiger partial charge on any atom is 0.418 e. The Bertz CT molecular complexity index is 1730. The first-order chi connectivity index (χ1) is 19.2. The van der Waals surface area contributed by atoms with Crippen LogP contribution in [0.4, 0.5) is 18.9 Å². The van der Waals surface area contributed by atoms with E-state index in [0.717, 1.165) is 17.2 Å². The monoisotopic (exact) mass is 544 g/mol. The second kappa shape index (κ2) is 10.7. The Morgan fingerprint density at radius 2 is 1.70 bits per heavy atom. The summed E-state index contributed by atoms with van der Waals surface area (Å²) < 4.78 is 53.0. The van der Waals surface area contributed by atoms with Gasteiger partial charge in [0.05, 0.1) is 23.1 Å². The number of para-hydroxylation sites is 1. The summed E-state index contributed by atoms with van der Waals surface area (Å²) in [6.07, 6.45) is -3.09. The molecule has 0 aliphatic rings. The number of aryl methyl sites for hydroxylation is 1. The molecule has 9 heteroatoms. The average Bonchev–Trinajstić information content (AvgIpc) is 2.95. The van der Waals surface area contributed by atoms with Crippen molar-refractivity contribution in [1.29, 1.82) is 0 Å². The minimum Gasteiger partial charge on any atom is -0.496 e. The lowest BCUT2D eigenvalue weighted by molar-refractivity contribution is -0.385. The Balaban J connectivity index is 1.63. The van der Waals surface area contributed by atoms with Gasteiger partial charge in [-0.15, -0.1) is 0 Å². The zero-order chi connectivity index (χ0) is 28.4. The number of benzene rings is 4. The number of fused-ring (bicyclic) bond motifs is 1. The predicted molar refractivity (Wildman–Crippen MR) is 146 cm³/mol. The Morgan fingerprint density at radius 1 is 0.925 bits per heavy atom. The molecule has 1 aromatic heterocycles. The second-order valence-corrected chi connectivity index (χ2v) is 9.13. The first-order valence-corrected chi connectivity index (χ1v) is 12.3. The number of halogens is 3. The summed E-state index contributed by atoms with van der Waals surface area (Å²) in [5.41, 5.74) is 3.12. The lowest BCUT2D eigenvalue weighted by Crippen LogP contribution is -2.07. The highest BCUT2D eigenvalue weighted by molar-refractivity contribution is 6.03. The van der Waals surface area contributed by atoms with Gasteiger partial charge in [0, 0.05) is 40.4 Å². The Kier molecular flexibility index (Phi) is 7.13. The van der Waals surface area contributed by atoms with E-state index in [1.807, 2.05) is 31.2 Å². The molecule has 0 radical (unpaired) electrons. The standard InChI is InChI=1S/C31H23F3N2O4/c1-19-7-3-4-10-24(19)26-17-35-30-25(11-6-12-27(30)31(32,33)34)29(26)20-8-5-9-23(16-20)40-18-21-15-22(36(37)38)13-14-28(21)39-2/h3-17H,18H2,1-2H3. The lowest BCUT2D eigenvalue weighted by Gasteiger charge is -2.18. The topological polar surface area (TPSA) is 74.5 Å². The van der Waals surface area contributed by atoms with Crippen molar-refractivity contribution in [1.82, 2.24) is 4.98 Å². The molecule has 40 heavy (non-hydrogen) atoms. The summed E-state index contributed by atoms with van der Waals surface area (Å²) in [5.74, 6) is 0.863. The van der Waals surface area contributed by atoms with Gasteiger partial charge < -0.3 is 9.47 Å². The minimum absolute atomic E-state index is 0.0196. The third kappa shape index (κ3) is 5.18. The molecule has 1 heterocycles. The van der Waals surface area contributed by atoms with Crippen LogP contribution < -0.4 is 9.47 Å². The van der Waals surface area contributed by atoms with Gasteiger partial charge in [0.15, 0.2) is 0 Å². The number of hydrogen-bond donors (Lipinski definition) is 0. The number of pyridine rings is 1. The number of rotatable bonds is 7. The van der Waals surface area contributed by atoms with Gasteiger partial charge >= 0.3 is 6.18 Å². The number of nitrogens with zero attached hydrogens (tertiary/aromatic N) is 2. The molecule has 0 saturated carbocycles. The highest BCUT2D eigenvalue weighted by atomic mass is 19.4. The number of non-ortho nitro benzene ring substituents is 1. The fourth-order valence-corrected chi connectivity index (χ4v) is 4.74. The summed E-state index contributed by atoms with van der Waals surface area (Å²) in [5, 5.41) is 11.6. The molecule has 0 fully saturated rings. The van der Waals surface area contributed by atoms with Crippen LogP contribution in [0.1, 0.15) is 16.7 Å². The van der Waals surface area contributed by atoms with Gasteiger partial charge in [-0.1, -0.05) is 48.5 Å². The van der Waals surface area contributed by atoms with Crippen molar-refractivity contribution < 1.29 is 27.6 Å². The van der Waals surface area contributed by atoms with Crippen molar-refractivity contribution in [3.8, 4) is 33.8 Å². The van der Waals surface area contributed by atoms with Crippen LogP contribution in [0.3, 0.4) is 0 Å². The van der Waals surface area contributed by atoms with Crippen molar-refractivity contribution in [2.45, 2.75) is 19.7 Å². The zero-order valence-corrected chi connectivity index (χ0v) is 21.5. The first kappa shape index (κ1) is 26.7. The summed E-state index contributed by atoms with van der Waals surface area (Å²) in [6, 6.07) is 22.9. The molecule has 0 N–H and O–H groups in total. The number of nitro groups is 1. The quantitative estimate of drug-likeness (QED) is 0.152. The fraction of sp³-hybridized carbons (Fsp3) is 0.129. The maximum absolute atomic E-state index is 13.9. The molecule has 5 aromatic rings. The molecule has 0 saturated heterocycles. The summed E-state index contributed by atoms with van der Waals surface area (Å²) >= 11 is 0. The minimum atomic E-state index is -4.57. The van der Waals surface area contributed by atoms with Crippen molar-refractivity contribution in [2.24, 2.45) is 0 Å². The molecule has 0 aliphatic carbocycles. The van der Waals surface area contributed by atoms with E-state index in [0.29, 0.717) is 39.1 Å². The Hall–Kier alpha value is -4.92. The molecule has 6 nitrogen and oxygen atoms in total. The second-order valence-electron chi connectivity index (χ2n) is 9.13. The van der Waals surface area contributed by atoms with E-state index in [4.69, 9.17) is 9.47 Å². The number of ether oxygens (including phenoxy) is 2. The number of aromatic nitrogens is 1. The smallest absolute Gasteiger partial charge is 0.418 e. The van der Waals surface area contributed by atoms with E-state index < -0.39 is 16.7 Å². The van der Waals surface area contributed by atoms with Crippen molar-refractivity contribution in [3.63, 3.8) is 0 Å². The average molecular weight is 545 g/mol.